The van der Waals surface area contributed by atoms with Crippen molar-refractivity contribution < 1.29 is 0 Å². The molecule has 0 saturated carbocycles. The topological polar surface area (TPSA) is 28.2 Å². The van der Waals surface area contributed by atoms with Crippen LogP contribution in [0.3, 0.4) is 0 Å². The fourth-order valence-corrected chi connectivity index (χ4v) is 4.41. The first-order chi connectivity index (χ1) is 9.82. The smallest absolute Gasteiger partial charge is 0.185 e. The maximum Gasteiger partial charge on any atom is 0.185 e. The Morgan fingerprint density at radius 3 is 2.48 bits per heavy atom. The molecule has 1 aliphatic heterocycles. The minimum Gasteiger partial charge on any atom is -0.348 e. The van der Waals surface area contributed by atoms with Crippen LogP contribution in [0.4, 0.5) is 5.13 Å². The summed E-state index contributed by atoms with van der Waals surface area (Å²) in [5.74, 6) is 0.843. The first-order valence-electron chi connectivity index (χ1n) is 8.28. The third kappa shape index (κ3) is 3.98. The molecule has 2 heterocycles. The molecule has 1 atom stereocenters. The SMILES string of the molecule is CCNC(C)c1sc(N2CCC(C(C)(C)C)CC2)nc1C. The lowest BCUT2D eigenvalue weighted by atomic mass is 9.75. The molecular weight excluding hydrogens is 278 g/mol. The third-order valence-electron chi connectivity index (χ3n) is 4.72. The Kier molecular flexibility index (Phi) is 5.31. The molecule has 0 bridgehead atoms. The first kappa shape index (κ1) is 16.8. The van der Waals surface area contributed by atoms with E-state index in [9.17, 15) is 0 Å². The number of piperidine rings is 1. The molecular formula is C17H31N3S. The van der Waals surface area contributed by atoms with Gasteiger partial charge in [0.15, 0.2) is 5.13 Å². The minimum atomic E-state index is 0.411. The molecule has 4 heteroatoms. The Hall–Kier alpha value is -0.610. The number of thiazole rings is 1. The molecule has 3 nitrogen and oxygen atoms in total. The van der Waals surface area contributed by atoms with Gasteiger partial charge in [0, 0.05) is 24.0 Å². The Morgan fingerprint density at radius 1 is 1.33 bits per heavy atom. The van der Waals surface area contributed by atoms with Crippen molar-refractivity contribution in [3.63, 3.8) is 0 Å². The molecule has 1 unspecified atom stereocenters. The molecule has 0 aliphatic carbocycles. The Morgan fingerprint density at radius 2 is 1.95 bits per heavy atom. The van der Waals surface area contributed by atoms with Crippen molar-refractivity contribution in [2.45, 2.75) is 60.4 Å². The predicted molar refractivity (Wildman–Crippen MR) is 93.3 cm³/mol. The van der Waals surface area contributed by atoms with E-state index in [4.69, 9.17) is 4.98 Å². The predicted octanol–water partition coefficient (Wildman–Crippen LogP) is 4.38. The van der Waals surface area contributed by atoms with E-state index in [-0.39, 0.29) is 0 Å². The van der Waals surface area contributed by atoms with Crippen LogP contribution in [0.1, 0.15) is 64.1 Å². The molecule has 0 spiro atoms. The van der Waals surface area contributed by atoms with Crippen LogP contribution in [0.5, 0.6) is 0 Å². The van der Waals surface area contributed by atoms with Gasteiger partial charge in [0.25, 0.3) is 0 Å². The second-order valence-electron chi connectivity index (χ2n) is 7.35. The van der Waals surface area contributed by atoms with Gasteiger partial charge in [-0.05, 0) is 44.6 Å². The van der Waals surface area contributed by atoms with Crippen LogP contribution in [-0.4, -0.2) is 24.6 Å². The van der Waals surface area contributed by atoms with Gasteiger partial charge in [-0.3, -0.25) is 0 Å². The quantitative estimate of drug-likeness (QED) is 0.894. The van der Waals surface area contributed by atoms with Gasteiger partial charge >= 0.3 is 0 Å². The van der Waals surface area contributed by atoms with Crippen LogP contribution in [0.2, 0.25) is 0 Å². The summed E-state index contributed by atoms with van der Waals surface area (Å²) in [4.78, 5) is 8.71. The van der Waals surface area contributed by atoms with Crippen LogP contribution >= 0.6 is 11.3 Å². The molecule has 2 rings (SSSR count). The van der Waals surface area contributed by atoms with Crippen molar-refractivity contribution in [3.05, 3.63) is 10.6 Å². The van der Waals surface area contributed by atoms with Crippen LogP contribution in [-0.2, 0) is 0 Å². The molecule has 1 aliphatic rings. The summed E-state index contributed by atoms with van der Waals surface area (Å²) in [6, 6.07) is 0.411. The number of nitrogens with zero attached hydrogens (tertiary/aromatic N) is 2. The monoisotopic (exact) mass is 309 g/mol. The molecule has 0 amide bonds. The standard InChI is InChI=1S/C17H31N3S/c1-7-18-12(2)15-13(3)19-16(21-15)20-10-8-14(9-11-20)17(4,5)6/h12,14,18H,7-11H2,1-6H3. The lowest BCUT2D eigenvalue weighted by Crippen LogP contribution is -2.37. The molecule has 0 aromatic carbocycles. The van der Waals surface area contributed by atoms with Crippen LogP contribution in [0.15, 0.2) is 0 Å². The maximum atomic E-state index is 4.83. The van der Waals surface area contributed by atoms with E-state index in [0.717, 1.165) is 25.6 Å². The van der Waals surface area contributed by atoms with Gasteiger partial charge < -0.3 is 10.2 Å². The molecule has 1 N–H and O–H groups in total. The Balaban J connectivity index is 2.03. The summed E-state index contributed by atoms with van der Waals surface area (Å²) in [7, 11) is 0. The molecule has 1 saturated heterocycles. The van der Waals surface area contributed by atoms with Crippen molar-refractivity contribution in [3.8, 4) is 0 Å². The first-order valence-corrected chi connectivity index (χ1v) is 9.10. The normalized spacial score (nSPS) is 19.0. The van der Waals surface area contributed by atoms with E-state index in [1.54, 1.807) is 0 Å². The van der Waals surface area contributed by atoms with Crippen molar-refractivity contribution in [1.82, 2.24) is 10.3 Å². The van der Waals surface area contributed by atoms with E-state index in [1.807, 2.05) is 11.3 Å². The van der Waals surface area contributed by atoms with Crippen molar-refractivity contribution in [1.29, 1.82) is 0 Å². The van der Waals surface area contributed by atoms with Crippen molar-refractivity contribution >= 4 is 16.5 Å². The van der Waals surface area contributed by atoms with Crippen LogP contribution in [0.25, 0.3) is 0 Å². The van der Waals surface area contributed by atoms with Crippen LogP contribution in [0, 0.1) is 18.3 Å². The van der Waals surface area contributed by atoms with Gasteiger partial charge in [-0.1, -0.05) is 27.7 Å². The average molecular weight is 310 g/mol. The summed E-state index contributed by atoms with van der Waals surface area (Å²) < 4.78 is 0. The van der Waals surface area contributed by atoms with Gasteiger partial charge in [0.2, 0.25) is 0 Å². The van der Waals surface area contributed by atoms with E-state index < -0.39 is 0 Å². The van der Waals surface area contributed by atoms with E-state index in [2.05, 4.69) is 51.8 Å². The van der Waals surface area contributed by atoms with E-state index in [0.29, 0.717) is 11.5 Å². The fourth-order valence-electron chi connectivity index (χ4n) is 3.27. The summed E-state index contributed by atoms with van der Waals surface area (Å²) in [6.07, 6.45) is 2.58. The summed E-state index contributed by atoms with van der Waals surface area (Å²) in [5, 5.41) is 4.72. The second-order valence-corrected chi connectivity index (χ2v) is 8.36. The highest BCUT2D eigenvalue weighted by molar-refractivity contribution is 7.15. The minimum absolute atomic E-state index is 0.411. The number of hydrogen-bond acceptors (Lipinski definition) is 4. The molecule has 0 radical (unpaired) electrons. The number of rotatable bonds is 4. The lowest BCUT2D eigenvalue weighted by Gasteiger charge is -2.38. The zero-order valence-electron chi connectivity index (χ0n) is 14.5. The van der Waals surface area contributed by atoms with E-state index in [1.165, 1.54) is 28.5 Å². The highest BCUT2D eigenvalue weighted by Gasteiger charge is 2.30. The number of aromatic nitrogens is 1. The highest BCUT2D eigenvalue weighted by Crippen LogP contribution is 2.37. The van der Waals surface area contributed by atoms with E-state index >= 15 is 0 Å². The largest absolute Gasteiger partial charge is 0.348 e. The second kappa shape index (κ2) is 6.66. The fraction of sp³-hybridized carbons (Fsp3) is 0.824. The maximum absolute atomic E-state index is 4.83. The number of nitrogens with one attached hydrogen (secondary N) is 1. The van der Waals surface area contributed by atoms with Gasteiger partial charge in [-0.15, -0.1) is 11.3 Å². The zero-order valence-corrected chi connectivity index (χ0v) is 15.3. The van der Waals surface area contributed by atoms with Crippen molar-refractivity contribution in [2.75, 3.05) is 24.5 Å². The third-order valence-corrected chi connectivity index (χ3v) is 6.12. The zero-order chi connectivity index (χ0) is 15.6. The van der Waals surface area contributed by atoms with Gasteiger partial charge in [0.05, 0.1) is 5.69 Å². The number of hydrogen-bond donors (Lipinski definition) is 1. The molecule has 21 heavy (non-hydrogen) atoms. The highest BCUT2D eigenvalue weighted by atomic mass is 32.1. The van der Waals surface area contributed by atoms with Gasteiger partial charge in [0.1, 0.15) is 0 Å². The van der Waals surface area contributed by atoms with Crippen molar-refractivity contribution in [2.24, 2.45) is 11.3 Å². The van der Waals surface area contributed by atoms with Gasteiger partial charge in [-0.2, -0.15) is 0 Å². The summed E-state index contributed by atoms with van der Waals surface area (Å²) in [6.45, 7) is 17.0. The summed E-state index contributed by atoms with van der Waals surface area (Å²) in [5.41, 5.74) is 1.64. The Labute approximate surface area is 134 Å². The van der Waals surface area contributed by atoms with Gasteiger partial charge in [-0.25, -0.2) is 4.98 Å². The average Bonchev–Trinajstić information content (AvgIpc) is 2.80. The molecule has 1 fully saturated rings. The Bertz CT molecular complexity index is 453. The lowest BCUT2D eigenvalue weighted by molar-refractivity contribution is 0.199. The molecule has 1 aromatic rings. The number of anilines is 1. The molecule has 1 aromatic heterocycles. The number of aryl methyl sites for hydroxylation is 1. The molecule has 120 valence electrons. The summed E-state index contributed by atoms with van der Waals surface area (Å²) >= 11 is 1.88. The van der Waals surface area contributed by atoms with Crippen LogP contribution < -0.4 is 10.2 Å².